The van der Waals surface area contributed by atoms with Crippen LogP contribution in [0, 0.1) is 5.92 Å². The van der Waals surface area contributed by atoms with Gasteiger partial charge in [0.05, 0.1) is 6.54 Å². The van der Waals surface area contributed by atoms with E-state index in [2.05, 4.69) is 28.1 Å². The first-order valence-corrected chi connectivity index (χ1v) is 7.11. The quantitative estimate of drug-likeness (QED) is 0.816. The van der Waals surface area contributed by atoms with Gasteiger partial charge in [0.2, 0.25) is 5.91 Å². The van der Waals surface area contributed by atoms with Gasteiger partial charge in [-0.15, -0.1) is 11.3 Å². The van der Waals surface area contributed by atoms with Crippen molar-refractivity contribution in [3.8, 4) is 0 Å². The lowest BCUT2D eigenvalue weighted by Crippen LogP contribution is -2.39. The van der Waals surface area contributed by atoms with Gasteiger partial charge in [0, 0.05) is 17.0 Å². The highest BCUT2D eigenvalue weighted by Crippen LogP contribution is 2.42. The van der Waals surface area contributed by atoms with E-state index in [0.717, 1.165) is 5.92 Å². The maximum Gasteiger partial charge on any atom is 0.234 e. The summed E-state index contributed by atoms with van der Waals surface area (Å²) in [6.07, 6.45) is 2.56. The van der Waals surface area contributed by atoms with Crippen molar-refractivity contribution < 1.29 is 4.79 Å². The predicted octanol–water partition coefficient (Wildman–Crippen LogP) is 2.31. The monoisotopic (exact) mass is 252 g/mol. The smallest absolute Gasteiger partial charge is 0.234 e. The van der Waals surface area contributed by atoms with Gasteiger partial charge in [-0.1, -0.05) is 6.07 Å². The molecule has 1 atom stereocenters. The van der Waals surface area contributed by atoms with Crippen molar-refractivity contribution in [2.45, 2.75) is 38.8 Å². The molecule has 0 radical (unpaired) electrons. The van der Waals surface area contributed by atoms with E-state index in [9.17, 15) is 4.79 Å². The SMILES string of the molecule is CC(C)NC(=O)CN[C@@H](c1cccs1)C1CC1. The Hall–Kier alpha value is -0.870. The molecule has 1 aromatic rings. The van der Waals surface area contributed by atoms with E-state index in [1.165, 1.54) is 17.7 Å². The van der Waals surface area contributed by atoms with Crippen LogP contribution >= 0.6 is 11.3 Å². The fraction of sp³-hybridized carbons (Fsp3) is 0.615. The summed E-state index contributed by atoms with van der Waals surface area (Å²) in [5.74, 6) is 0.808. The van der Waals surface area contributed by atoms with E-state index in [1.54, 1.807) is 11.3 Å². The van der Waals surface area contributed by atoms with Gasteiger partial charge in [-0.3, -0.25) is 4.79 Å². The highest BCUT2D eigenvalue weighted by molar-refractivity contribution is 7.10. The molecule has 1 aromatic heterocycles. The molecule has 17 heavy (non-hydrogen) atoms. The third kappa shape index (κ3) is 3.82. The van der Waals surface area contributed by atoms with Gasteiger partial charge < -0.3 is 10.6 Å². The summed E-state index contributed by atoms with van der Waals surface area (Å²) < 4.78 is 0. The molecular formula is C13H20N2OS. The normalized spacial score (nSPS) is 17.1. The first kappa shape index (κ1) is 12.6. The van der Waals surface area contributed by atoms with Crippen molar-refractivity contribution >= 4 is 17.2 Å². The molecule has 4 heteroatoms. The van der Waals surface area contributed by atoms with Crippen molar-refractivity contribution in [1.82, 2.24) is 10.6 Å². The third-order valence-corrected chi connectivity index (χ3v) is 3.83. The number of amides is 1. The standard InChI is InChI=1S/C13H20N2OS/c1-9(2)15-12(16)8-14-13(10-5-6-10)11-4-3-7-17-11/h3-4,7,9-10,13-14H,5-6,8H2,1-2H3,(H,15,16)/t13-/m1/s1. The molecule has 3 nitrogen and oxygen atoms in total. The lowest BCUT2D eigenvalue weighted by atomic mass is 10.1. The van der Waals surface area contributed by atoms with Gasteiger partial charge in [-0.25, -0.2) is 0 Å². The number of thiophene rings is 1. The fourth-order valence-corrected chi connectivity index (χ4v) is 2.87. The number of hydrogen-bond donors (Lipinski definition) is 2. The van der Waals surface area contributed by atoms with Gasteiger partial charge >= 0.3 is 0 Å². The minimum Gasteiger partial charge on any atom is -0.353 e. The van der Waals surface area contributed by atoms with Crippen LogP contribution < -0.4 is 10.6 Å². The molecule has 1 fully saturated rings. The Morgan fingerprint density at radius 2 is 2.29 bits per heavy atom. The van der Waals surface area contributed by atoms with Gasteiger partial charge in [0.1, 0.15) is 0 Å². The van der Waals surface area contributed by atoms with E-state index in [-0.39, 0.29) is 11.9 Å². The predicted molar refractivity (Wildman–Crippen MR) is 71.1 cm³/mol. The zero-order chi connectivity index (χ0) is 12.3. The van der Waals surface area contributed by atoms with Crippen LogP contribution in [0.15, 0.2) is 17.5 Å². The minimum atomic E-state index is 0.0854. The highest BCUT2D eigenvalue weighted by atomic mass is 32.1. The Morgan fingerprint density at radius 3 is 2.82 bits per heavy atom. The zero-order valence-electron chi connectivity index (χ0n) is 10.4. The lowest BCUT2D eigenvalue weighted by Gasteiger charge is -2.17. The Kier molecular flexibility index (Phi) is 4.18. The molecule has 0 bridgehead atoms. The number of carbonyl (C=O) groups is 1. The second kappa shape index (κ2) is 5.65. The first-order chi connectivity index (χ1) is 8.16. The second-order valence-corrected chi connectivity index (χ2v) is 5.91. The molecule has 1 saturated carbocycles. The zero-order valence-corrected chi connectivity index (χ0v) is 11.2. The Balaban J connectivity index is 1.85. The maximum absolute atomic E-state index is 11.6. The molecule has 1 aliphatic rings. The van der Waals surface area contributed by atoms with E-state index in [4.69, 9.17) is 0 Å². The molecule has 0 aliphatic heterocycles. The first-order valence-electron chi connectivity index (χ1n) is 6.23. The summed E-state index contributed by atoms with van der Waals surface area (Å²) in [6.45, 7) is 4.38. The Bertz CT molecular complexity index is 358. The largest absolute Gasteiger partial charge is 0.353 e. The van der Waals surface area contributed by atoms with Crippen LogP contribution in [0.3, 0.4) is 0 Å². The lowest BCUT2D eigenvalue weighted by molar-refractivity contribution is -0.120. The van der Waals surface area contributed by atoms with Crippen LogP contribution in [0.25, 0.3) is 0 Å². The number of rotatable bonds is 6. The second-order valence-electron chi connectivity index (χ2n) is 4.93. The van der Waals surface area contributed by atoms with Gasteiger partial charge in [0.15, 0.2) is 0 Å². The summed E-state index contributed by atoms with van der Waals surface area (Å²) in [7, 11) is 0. The Labute approximate surface area is 107 Å². The summed E-state index contributed by atoms with van der Waals surface area (Å²) >= 11 is 1.77. The molecule has 0 unspecified atom stereocenters. The van der Waals surface area contributed by atoms with E-state index in [0.29, 0.717) is 12.6 Å². The van der Waals surface area contributed by atoms with Crippen LogP contribution in [0.1, 0.15) is 37.6 Å². The molecule has 0 spiro atoms. The maximum atomic E-state index is 11.6. The highest BCUT2D eigenvalue weighted by Gasteiger charge is 2.32. The van der Waals surface area contributed by atoms with Gasteiger partial charge in [-0.05, 0) is 44.1 Å². The van der Waals surface area contributed by atoms with Crippen molar-refractivity contribution in [3.05, 3.63) is 22.4 Å². The summed E-state index contributed by atoms with van der Waals surface area (Å²) in [5.41, 5.74) is 0. The van der Waals surface area contributed by atoms with E-state index in [1.807, 2.05) is 13.8 Å². The molecule has 1 heterocycles. The summed E-state index contributed by atoms with van der Waals surface area (Å²) in [5, 5.41) is 8.39. The molecule has 1 amide bonds. The van der Waals surface area contributed by atoms with Crippen molar-refractivity contribution in [2.75, 3.05) is 6.54 Å². The fourth-order valence-electron chi connectivity index (χ4n) is 1.97. The molecule has 0 aromatic carbocycles. The van der Waals surface area contributed by atoms with Gasteiger partial charge in [-0.2, -0.15) is 0 Å². The number of carbonyl (C=O) groups excluding carboxylic acids is 1. The molecule has 94 valence electrons. The summed E-state index contributed by atoms with van der Waals surface area (Å²) in [4.78, 5) is 13.0. The van der Waals surface area contributed by atoms with Crippen LogP contribution in [-0.2, 0) is 4.79 Å². The van der Waals surface area contributed by atoms with Crippen LogP contribution in [0.4, 0.5) is 0 Å². The van der Waals surface area contributed by atoms with E-state index < -0.39 is 0 Å². The topological polar surface area (TPSA) is 41.1 Å². The number of hydrogen-bond acceptors (Lipinski definition) is 3. The average Bonchev–Trinajstić information content (AvgIpc) is 2.93. The van der Waals surface area contributed by atoms with Crippen molar-refractivity contribution in [2.24, 2.45) is 5.92 Å². The van der Waals surface area contributed by atoms with Crippen molar-refractivity contribution in [1.29, 1.82) is 0 Å². The Morgan fingerprint density at radius 1 is 1.53 bits per heavy atom. The van der Waals surface area contributed by atoms with Crippen molar-refractivity contribution in [3.63, 3.8) is 0 Å². The molecule has 2 N–H and O–H groups in total. The molecule has 0 saturated heterocycles. The van der Waals surface area contributed by atoms with Crippen LogP contribution in [0.5, 0.6) is 0 Å². The van der Waals surface area contributed by atoms with Crippen LogP contribution in [-0.4, -0.2) is 18.5 Å². The van der Waals surface area contributed by atoms with Crippen LogP contribution in [0.2, 0.25) is 0 Å². The van der Waals surface area contributed by atoms with E-state index >= 15 is 0 Å². The molecule has 2 rings (SSSR count). The molecular weight excluding hydrogens is 232 g/mol. The summed E-state index contributed by atoms with van der Waals surface area (Å²) in [6, 6.07) is 4.81. The van der Waals surface area contributed by atoms with Gasteiger partial charge in [0.25, 0.3) is 0 Å². The third-order valence-electron chi connectivity index (χ3n) is 2.88. The average molecular weight is 252 g/mol. The minimum absolute atomic E-state index is 0.0854. The number of nitrogens with one attached hydrogen (secondary N) is 2. The molecule has 1 aliphatic carbocycles.